The SMILES string of the molecule is CCOC(=O)CC1CCN(CCCN)CC1. The zero-order chi connectivity index (χ0) is 11.8. The van der Waals surface area contributed by atoms with Crippen LogP contribution in [0.3, 0.4) is 0 Å². The molecule has 1 aliphatic rings. The summed E-state index contributed by atoms with van der Waals surface area (Å²) in [6, 6.07) is 0. The molecule has 0 unspecified atom stereocenters. The molecule has 0 aromatic heterocycles. The lowest BCUT2D eigenvalue weighted by atomic mass is 9.93. The van der Waals surface area contributed by atoms with E-state index in [1.807, 2.05) is 6.92 Å². The second kappa shape index (κ2) is 7.63. The Morgan fingerprint density at radius 1 is 1.44 bits per heavy atom. The highest BCUT2D eigenvalue weighted by atomic mass is 16.5. The summed E-state index contributed by atoms with van der Waals surface area (Å²) in [6.07, 6.45) is 3.90. The van der Waals surface area contributed by atoms with E-state index in [9.17, 15) is 4.79 Å². The zero-order valence-corrected chi connectivity index (χ0v) is 10.3. The highest BCUT2D eigenvalue weighted by Gasteiger charge is 2.21. The van der Waals surface area contributed by atoms with E-state index in [1.54, 1.807) is 0 Å². The van der Waals surface area contributed by atoms with Gasteiger partial charge in [0.25, 0.3) is 0 Å². The van der Waals surface area contributed by atoms with E-state index >= 15 is 0 Å². The van der Waals surface area contributed by atoms with Gasteiger partial charge < -0.3 is 15.4 Å². The first kappa shape index (κ1) is 13.5. The lowest BCUT2D eigenvalue weighted by Crippen LogP contribution is -2.35. The minimum Gasteiger partial charge on any atom is -0.466 e. The second-order valence-corrected chi connectivity index (χ2v) is 4.44. The van der Waals surface area contributed by atoms with Crippen molar-refractivity contribution in [3.8, 4) is 0 Å². The van der Waals surface area contributed by atoms with Crippen LogP contribution in [0.15, 0.2) is 0 Å². The van der Waals surface area contributed by atoms with Crippen molar-refractivity contribution in [1.29, 1.82) is 0 Å². The number of nitrogens with two attached hydrogens (primary N) is 1. The Morgan fingerprint density at radius 3 is 2.69 bits per heavy atom. The molecular formula is C12H24N2O2. The van der Waals surface area contributed by atoms with Crippen molar-refractivity contribution in [1.82, 2.24) is 4.90 Å². The van der Waals surface area contributed by atoms with Crippen LogP contribution in [0, 0.1) is 5.92 Å². The second-order valence-electron chi connectivity index (χ2n) is 4.44. The molecule has 0 atom stereocenters. The quantitative estimate of drug-likeness (QED) is 0.689. The molecule has 16 heavy (non-hydrogen) atoms. The van der Waals surface area contributed by atoms with Gasteiger partial charge in [-0.05, 0) is 58.3 Å². The molecule has 4 nitrogen and oxygen atoms in total. The molecule has 2 N–H and O–H groups in total. The summed E-state index contributed by atoms with van der Waals surface area (Å²) in [5, 5.41) is 0. The predicted octanol–water partition coefficient (Wildman–Crippen LogP) is 1.00. The van der Waals surface area contributed by atoms with Gasteiger partial charge >= 0.3 is 5.97 Å². The average molecular weight is 228 g/mol. The van der Waals surface area contributed by atoms with Crippen LogP contribution in [0.2, 0.25) is 0 Å². The number of carbonyl (C=O) groups excluding carboxylic acids is 1. The molecule has 0 spiro atoms. The Balaban J connectivity index is 2.14. The van der Waals surface area contributed by atoms with Gasteiger partial charge in [0.05, 0.1) is 6.61 Å². The first-order valence-corrected chi connectivity index (χ1v) is 6.34. The minimum absolute atomic E-state index is 0.0390. The number of rotatable bonds is 6. The Bertz CT molecular complexity index is 201. The summed E-state index contributed by atoms with van der Waals surface area (Å²) in [7, 11) is 0. The maximum absolute atomic E-state index is 11.3. The van der Waals surface area contributed by atoms with E-state index in [1.165, 1.54) is 0 Å². The molecule has 0 bridgehead atoms. The lowest BCUT2D eigenvalue weighted by Gasteiger charge is -2.31. The van der Waals surface area contributed by atoms with Crippen LogP contribution in [0.4, 0.5) is 0 Å². The highest BCUT2D eigenvalue weighted by Crippen LogP contribution is 2.20. The van der Waals surface area contributed by atoms with Crippen molar-refractivity contribution in [2.24, 2.45) is 11.7 Å². The van der Waals surface area contributed by atoms with Crippen LogP contribution < -0.4 is 5.73 Å². The zero-order valence-electron chi connectivity index (χ0n) is 10.3. The number of likely N-dealkylation sites (tertiary alicyclic amines) is 1. The molecule has 1 heterocycles. The Labute approximate surface area is 98.1 Å². The molecule has 1 rings (SSSR count). The van der Waals surface area contributed by atoms with Gasteiger partial charge in [-0.1, -0.05) is 0 Å². The van der Waals surface area contributed by atoms with E-state index < -0.39 is 0 Å². The summed E-state index contributed by atoms with van der Waals surface area (Å²) in [4.78, 5) is 13.8. The predicted molar refractivity (Wildman–Crippen MR) is 64.1 cm³/mol. The molecule has 1 aliphatic heterocycles. The highest BCUT2D eigenvalue weighted by molar-refractivity contribution is 5.69. The third kappa shape index (κ3) is 4.94. The van der Waals surface area contributed by atoms with Gasteiger partial charge in [0, 0.05) is 6.42 Å². The summed E-state index contributed by atoms with van der Waals surface area (Å²) in [6.45, 7) is 6.42. The van der Waals surface area contributed by atoms with E-state index in [2.05, 4.69) is 4.90 Å². The topological polar surface area (TPSA) is 55.6 Å². The maximum atomic E-state index is 11.3. The molecule has 0 aromatic rings. The average Bonchev–Trinajstić information content (AvgIpc) is 2.28. The van der Waals surface area contributed by atoms with Gasteiger partial charge in [0.15, 0.2) is 0 Å². The van der Waals surface area contributed by atoms with Crippen molar-refractivity contribution in [3.63, 3.8) is 0 Å². The van der Waals surface area contributed by atoms with Gasteiger partial charge in [-0.15, -0.1) is 0 Å². The van der Waals surface area contributed by atoms with Gasteiger partial charge in [-0.3, -0.25) is 4.79 Å². The van der Waals surface area contributed by atoms with Crippen LogP contribution in [0.1, 0.15) is 32.6 Å². The molecule has 0 aliphatic carbocycles. The van der Waals surface area contributed by atoms with Crippen molar-refractivity contribution in [2.75, 3.05) is 32.8 Å². The number of piperidine rings is 1. The normalized spacial score (nSPS) is 18.6. The van der Waals surface area contributed by atoms with Gasteiger partial charge in [-0.2, -0.15) is 0 Å². The van der Waals surface area contributed by atoms with Crippen LogP contribution in [0.25, 0.3) is 0 Å². The maximum Gasteiger partial charge on any atom is 0.306 e. The molecule has 0 aromatic carbocycles. The van der Waals surface area contributed by atoms with E-state index in [0.717, 1.165) is 45.4 Å². The molecule has 1 saturated heterocycles. The molecule has 4 heteroatoms. The monoisotopic (exact) mass is 228 g/mol. The molecule has 0 amide bonds. The van der Waals surface area contributed by atoms with Crippen molar-refractivity contribution in [3.05, 3.63) is 0 Å². The minimum atomic E-state index is -0.0390. The third-order valence-electron chi connectivity index (χ3n) is 3.15. The number of esters is 1. The van der Waals surface area contributed by atoms with Gasteiger partial charge in [0.2, 0.25) is 0 Å². The van der Waals surface area contributed by atoms with Gasteiger partial charge in [-0.25, -0.2) is 0 Å². The first-order valence-electron chi connectivity index (χ1n) is 6.34. The van der Waals surface area contributed by atoms with Crippen LogP contribution >= 0.6 is 0 Å². The summed E-state index contributed by atoms with van der Waals surface area (Å²) in [5.74, 6) is 0.482. The number of hydrogen-bond acceptors (Lipinski definition) is 4. The molecule has 1 fully saturated rings. The van der Waals surface area contributed by atoms with Gasteiger partial charge in [0.1, 0.15) is 0 Å². The lowest BCUT2D eigenvalue weighted by molar-refractivity contribution is -0.144. The van der Waals surface area contributed by atoms with E-state index in [0.29, 0.717) is 18.9 Å². The van der Waals surface area contributed by atoms with E-state index in [4.69, 9.17) is 10.5 Å². The molecule has 94 valence electrons. The molecule has 0 radical (unpaired) electrons. The number of ether oxygens (including phenoxy) is 1. The third-order valence-corrected chi connectivity index (χ3v) is 3.15. The fraction of sp³-hybridized carbons (Fsp3) is 0.917. The van der Waals surface area contributed by atoms with Crippen LogP contribution in [0.5, 0.6) is 0 Å². The van der Waals surface area contributed by atoms with E-state index in [-0.39, 0.29) is 5.97 Å². The fourth-order valence-corrected chi connectivity index (χ4v) is 2.18. The Morgan fingerprint density at radius 2 is 2.12 bits per heavy atom. The summed E-state index contributed by atoms with van der Waals surface area (Å²) < 4.78 is 4.97. The molecule has 0 saturated carbocycles. The van der Waals surface area contributed by atoms with Crippen molar-refractivity contribution < 1.29 is 9.53 Å². The Hall–Kier alpha value is -0.610. The first-order chi connectivity index (χ1) is 7.76. The summed E-state index contributed by atoms with van der Waals surface area (Å²) in [5.41, 5.74) is 5.48. The number of hydrogen-bond donors (Lipinski definition) is 1. The van der Waals surface area contributed by atoms with Crippen molar-refractivity contribution in [2.45, 2.75) is 32.6 Å². The summed E-state index contributed by atoms with van der Waals surface area (Å²) >= 11 is 0. The fourth-order valence-electron chi connectivity index (χ4n) is 2.18. The molecular weight excluding hydrogens is 204 g/mol. The Kier molecular flexibility index (Phi) is 6.42. The number of carbonyl (C=O) groups is 1. The van der Waals surface area contributed by atoms with Crippen LogP contribution in [-0.2, 0) is 9.53 Å². The van der Waals surface area contributed by atoms with Crippen LogP contribution in [-0.4, -0.2) is 43.7 Å². The smallest absolute Gasteiger partial charge is 0.306 e. The standard InChI is InChI=1S/C12H24N2O2/c1-2-16-12(15)10-11-4-8-14(9-5-11)7-3-6-13/h11H,2-10,13H2,1H3. The number of nitrogens with zero attached hydrogens (tertiary/aromatic N) is 1. The largest absolute Gasteiger partial charge is 0.466 e. The van der Waals surface area contributed by atoms with Crippen molar-refractivity contribution >= 4 is 5.97 Å².